The van der Waals surface area contributed by atoms with E-state index in [9.17, 15) is 4.79 Å². The number of carbonyl (C=O) groups is 1. The van der Waals surface area contributed by atoms with Gasteiger partial charge in [0, 0.05) is 0 Å². The van der Waals surface area contributed by atoms with Crippen LogP contribution in [0.5, 0.6) is 0 Å². The van der Waals surface area contributed by atoms with Crippen molar-refractivity contribution in [3.8, 4) is 0 Å². The summed E-state index contributed by atoms with van der Waals surface area (Å²) in [4.78, 5) is 10.0. The molecule has 0 heterocycles. The Bertz CT molecular complexity index is 73.3. The van der Waals surface area contributed by atoms with Crippen LogP contribution in [0, 0.1) is 0 Å². The molecule has 0 aromatic rings. The molecule has 0 rings (SSSR count). The van der Waals surface area contributed by atoms with Crippen molar-refractivity contribution in [2.45, 2.75) is 37.9 Å². The summed E-state index contributed by atoms with van der Waals surface area (Å²) in [5, 5.41) is -0.0310. The van der Waals surface area contributed by atoms with Gasteiger partial charge in [-0.05, 0) is 6.42 Å². The minimum Gasteiger partial charge on any atom is -0.302 e. The van der Waals surface area contributed by atoms with Crippen LogP contribution >= 0.6 is 12.6 Å². The second-order valence-electron chi connectivity index (χ2n) is 2.20. The van der Waals surface area contributed by atoms with E-state index in [0.29, 0.717) is 0 Å². The normalized spacial score (nSPS) is 13.1. The topological polar surface area (TPSA) is 17.1 Å². The third-order valence-corrected chi connectivity index (χ3v) is 1.64. The standard InChI is InChI=1S/C7H14OS/c1-2-3-4-5-7(9)6-8/h6-7,9H,2-5H2,1H3. The number of hydrogen-bond acceptors (Lipinski definition) is 2. The molecule has 0 aliphatic heterocycles. The molecule has 0 bridgehead atoms. The number of carbonyl (C=O) groups excluding carboxylic acids is 1. The molecule has 1 nitrogen and oxygen atoms in total. The van der Waals surface area contributed by atoms with Crippen LogP contribution in [0.25, 0.3) is 0 Å². The van der Waals surface area contributed by atoms with Crippen LogP contribution < -0.4 is 0 Å². The van der Waals surface area contributed by atoms with Gasteiger partial charge in [-0.3, -0.25) is 0 Å². The summed E-state index contributed by atoms with van der Waals surface area (Å²) in [7, 11) is 0. The highest BCUT2D eigenvalue weighted by atomic mass is 32.1. The lowest BCUT2D eigenvalue weighted by Gasteiger charge is -1.99. The Labute approximate surface area is 62.2 Å². The highest BCUT2D eigenvalue weighted by molar-refractivity contribution is 7.81. The molecular weight excluding hydrogens is 132 g/mol. The van der Waals surface area contributed by atoms with E-state index in [-0.39, 0.29) is 5.25 Å². The van der Waals surface area contributed by atoms with E-state index in [1.165, 1.54) is 12.8 Å². The second kappa shape index (κ2) is 6.14. The van der Waals surface area contributed by atoms with Gasteiger partial charge in [-0.1, -0.05) is 26.2 Å². The van der Waals surface area contributed by atoms with Crippen molar-refractivity contribution in [1.29, 1.82) is 0 Å². The molecule has 0 aromatic heterocycles. The maximum atomic E-state index is 10.0. The van der Waals surface area contributed by atoms with Crippen LogP contribution in [-0.2, 0) is 4.79 Å². The van der Waals surface area contributed by atoms with Crippen molar-refractivity contribution in [1.82, 2.24) is 0 Å². The Morgan fingerprint density at radius 1 is 1.56 bits per heavy atom. The molecule has 0 saturated carbocycles. The molecule has 0 N–H and O–H groups in total. The van der Waals surface area contributed by atoms with Crippen LogP contribution in [0.3, 0.4) is 0 Å². The van der Waals surface area contributed by atoms with Crippen LogP contribution in [0.4, 0.5) is 0 Å². The van der Waals surface area contributed by atoms with Gasteiger partial charge >= 0.3 is 0 Å². The quantitative estimate of drug-likeness (QED) is 0.357. The Morgan fingerprint density at radius 3 is 2.67 bits per heavy atom. The smallest absolute Gasteiger partial charge is 0.132 e. The van der Waals surface area contributed by atoms with E-state index < -0.39 is 0 Å². The maximum Gasteiger partial charge on any atom is 0.132 e. The largest absolute Gasteiger partial charge is 0.302 e. The molecule has 0 radical (unpaired) electrons. The number of unbranched alkanes of at least 4 members (excludes halogenated alkanes) is 2. The molecule has 54 valence electrons. The predicted octanol–water partition coefficient (Wildman–Crippen LogP) is 2.06. The van der Waals surface area contributed by atoms with Crippen LogP contribution in [0.15, 0.2) is 0 Å². The third-order valence-electron chi connectivity index (χ3n) is 1.26. The van der Waals surface area contributed by atoms with Gasteiger partial charge in [0.05, 0.1) is 5.25 Å². The highest BCUT2D eigenvalue weighted by Gasteiger charge is 1.97. The summed E-state index contributed by atoms with van der Waals surface area (Å²) < 4.78 is 0. The minimum absolute atomic E-state index is 0.0310. The zero-order valence-corrected chi connectivity index (χ0v) is 6.73. The van der Waals surface area contributed by atoms with Crippen LogP contribution in [0.1, 0.15) is 32.6 Å². The van der Waals surface area contributed by atoms with Crippen molar-refractivity contribution in [3.05, 3.63) is 0 Å². The second-order valence-corrected chi connectivity index (χ2v) is 2.86. The first-order chi connectivity index (χ1) is 4.31. The van der Waals surface area contributed by atoms with Gasteiger partial charge in [-0.2, -0.15) is 12.6 Å². The molecule has 0 aliphatic carbocycles. The fraction of sp³-hybridized carbons (Fsp3) is 0.857. The molecule has 0 aliphatic rings. The van der Waals surface area contributed by atoms with E-state index in [1.54, 1.807) is 0 Å². The van der Waals surface area contributed by atoms with Crippen molar-refractivity contribution in [2.24, 2.45) is 0 Å². The van der Waals surface area contributed by atoms with Crippen molar-refractivity contribution >= 4 is 18.9 Å². The van der Waals surface area contributed by atoms with E-state index in [4.69, 9.17) is 0 Å². The molecule has 2 heteroatoms. The van der Waals surface area contributed by atoms with E-state index in [1.807, 2.05) is 0 Å². The Hall–Kier alpha value is 0.0200. The molecule has 0 saturated heterocycles. The summed E-state index contributed by atoms with van der Waals surface area (Å²) >= 11 is 4.03. The number of hydrogen-bond donors (Lipinski definition) is 1. The number of rotatable bonds is 5. The first-order valence-electron chi connectivity index (χ1n) is 3.44. The van der Waals surface area contributed by atoms with E-state index >= 15 is 0 Å². The first-order valence-corrected chi connectivity index (χ1v) is 3.96. The van der Waals surface area contributed by atoms with Gasteiger partial charge in [-0.15, -0.1) is 0 Å². The van der Waals surface area contributed by atoms with Crippen molar-refractivity contribution in [3.63, 3.8) is 0 Å². The molecule has 1 unspecified atom stereocenters. The molecule has 0 spiro atoms. The van der Waals surface area contributed by atoms with Crippen LogP contribution in [-0.4, -0.2) is 11.5 Å². The predicted molar refractivity (Wildman–Crippen MR) is 43.0 cm³/mol. The number of thiol groups is 1. The van der Waals surface area contributed by atoms with E-state index in [0.717, 1.165) is 19.1 Å². The Kier molecular flexibility index (Phi) is 6.16. The van der Waals surface area contributed by atoms with Crippen LogP contribution in [0.2, 0.25) is 0 Å². The summed E-state index contributed by atoms with van der Waals surface area (Å²) in [6.45, 7) is 2.15. The Balaban J connectivity index is 2.96. The molecule has 0 aromatic carbocycles. The van der Waals surface area contributed by atoms with Gasteiger partial charge in [0.1, 0.15) is 6.29 Å². The lowest BCUT2D eigenvalue weighted by atomic mass is 10.2. The van der Waals surface area contributed by atoms with Gasteiger partial charge < -0.3 is 4.79 Å². The van der Waals surface area contributed by atoms with Gasteiger partial charge in [0.2, 0.25) is 0 Å². The van der Waals surface area contributed by atoms with Crippen molar-refractivity contribution in [2.75, 3.05) is 0 Å². The molecule has 0 fully saturated rings. The average Bonchev–Trinajstić information content (AvgIpc) is 1.89. The summed E-state index contributed by atoms with van der Waals surface area (Å²) in [5.41, 5.74) is 0. The fourth-order valence-electron chi connectivity index (χ4n) is 0.672. The summed E-state index contributed by atoms with van der Waals surface area (Å²) in [6.07, 6.45) is 5.38. The molecule has 9 heavy (non-hydrogen) atoms. The zero-order chi connectivity index (χ0) is 7.11. The summed E-state index contributed by atoms with van der Waals surface area (Å²) in [5.74, 6) is 0. The molecule has 1 atom stereocenters. The zero-order valence-electron chi connectivity index (χ0n) is 5.84. The monoisotopic (exact) mass is 146 g/mol. The molecular formula is C7H14OS. The van der Waals surface area contributed by atoms with Gasteiger partial charge in [0.15, 0.2) is 0 Å². The average molecular weight is 146 g/mol. The van der Waals surface area contributed by atoms with E-state index in [2.05, 4.69) is 19.6 Å². The Morgan fingerprint density at radius 2 is 2.22 bits per heavy atom. The number of aldehydes is 1. The van der Waals surface area contributed by atoms with Gasteiger partial charge in [-0.25, -0.2) is 0 Å². The van der Waals surface area contributed by atoms with Crippen molar-refractivity contribution < 1.29 is 4.79 Å². The molecule has 0 amide bonds. The SMILES string of the molecule is CCCCCC(S)C=O. The minimum atomic E-state index is -0.0310. The van der Waals surface area contributed by atoms with Gasteiger partial charge in [0.25, 0.3) is 0 Å². The summed E-state index contributed by atoms with van der Waals surface area (Å²) in [6, 6.07) is 0. The maximum absolute atomic E-state index is 10.0. The highest BCUT2D eigenvalue weighted by Crippen LogP contribution is 2.05. The lowest BCUT2D eigenvalue weighted by Crippen LogP contribution is -1.98. The first kappa shape index (κ1) is 9.02. The third kappa shape index (κ3) is 5.90. The lowest BCUT2D eigenvalue weighted by molar-refractivity contribution is -0.107. The fourth-order valence-corrected chi connectivity index (χ4v) is 0.854.